The monoisotopic (exact) mass is 441 g/mol. The maximum Gasteiger partial charge on any atom is 0.188 e. The molecular formula is C18H28IN5. The molecule has 1 aromatic heterocycles. The summed E-state index contributed by atoms with van der Waals surface area (Å²) in [5.41, 5.74) is 10.5. The van der Waals surface area contributed by atoms with Crippen LogP contribution >= 0.6 is 24.0 Å². The largest absolute Gasteiger partial charge is 0.370 e. The van der Waals surface area contributed by atoms with Gasteiger partial charge in [-0.1, -0.05) is 44.2 Å². The molecule has 0 unspecified atom stereocenters. The topological polar surface area (TPSA) is 68.2 Å². The van der Waals surface area contributed by atoms with E-state index < -0.39 is 0 Å². The Bertz CT molecular complexity index is 662. The van der Waals surface area contributed by atoms with Crippen LogP contribution in [0.4, 0.5) is 0 Å². The lowest BCUT2D eigenvalue weighted by atomic mass is 10.2. The molecule has 1 aromatic carbocycles. The van der Waals surface area contributed by atoms with Gasteiger partial charge in [-0.2, -0.15) is 5.10 Å². The molecule has 24 heavy (non-hydrogen) atoms. The van der Waals surface area contributed by atoms with Crippen LogP contribution in [-0.2, 0) is 13.1 Å². The van der Waals surface area contributed by atoms with Gasteiger partial charge in [-0.15, -0.1) is 24.0 Å². The number of nitrogens with one attached hydrogen (secondary N) is 1. The number of aromatic nitrogens is 2. The number of hydrogen-bond acceptors (Lipinski definition) is 2. The number of aryl methyl sites for hydroxylation is 1. The fraction of sp³-hybridized carbons (Fsp3) is 0.444. The maximum absolute atomic E-state index is 5.91. The van der Waals surface area contributed by atoms with Crippen molar-refractivity contribution in [1.29, 1.82) is 0 Å². The Hall–Kier alpha value is -1.57. The van der Waals surface area contributed by atoms with Gasteiger partial charge in [0.25, 0.3) is 0 Å². The van der Waals surface area contributed by atoms with E-state index in [0.29, 0.717) is 18.4 Å². The average Bonchev–Trinajstić information content (AvgIpc) is 2.78. The van der Waals surface area contributed by atoms with E-state index in [0.717, 1.165) is 30.0 Å². The van der Waals surface area contributed by atoms with Gasteiger partial charge >= 0.3 is 0 Å². The third-order valence-corrected chi connectivity index (χ3v) is 3.81. The summed E-state index contributed by atoms with van der Waals surface area (Å²) in [4.78, 5) is 4.44. The van der Waals surface area contributed by atoms with Crippen LogP contribution in [0.3, 0.4) is 0 Å². The van der Waals surface area contributed by atoms with E-state index in [1.54, 1.807) is 0 Å². The van der Waals surface area contributed by atoms with Crippen molar-refractivity contribution in [2.75, 3.05) is 6.54 Å². The molecular weight excluding hydrogens is 413 g/mol. The fourth-order valence-electron chi connectivity index (χ4n) is 2.40. The minimum Gasteiger partial charge on any atom is -0.370 e. The number of hydrogen-bond donors (Lipinski definition) is 2. The standard InChI is InChI=1S/C18H27N5.HI/c1-13(2)10-20-18(19)21-11-17-14(3)22-23(15(17)4)12-16-8-6-5-7-9-16;/h5-9,13H,10-12H2,1-4H3,(H3,19,20,21);1H. The summed E-state index contributed by atoms with van der Waals surface area (Å²) < 4.78 is 2.03. The van der Waals surface area contributed by atoms with Crippen molar-refractivity contribution in [2.45, 2.75) is 40.8 Å². The first kappa shape index (κ1) is 20.5. The first-order chi connectivity index (χ1) is 11.0. The van der Waals surface area contributed by atoms with Gasteiger partial charge < -0.3 is 11.1 Å². The molecule has 2 aromatic rings. The van der Waals surface area contributed by atoms with E-state index in [1.807, 2.05) is 29.8 Å². The lowest BCUT2D eigenvalue weighted by Gasteiger charge is -2.08. The minimum atomic E-state index is 0. The number of nitrogens with two attached hydrogens (primary N) is 1. The highest BCUT2D eigenvalue weighted by Gasteiger charge is 2.11. The molecule has 0 saturated carbocycles. The Morgan fingerprint density at radius 2 is 1.92 bits per heavy atom. The van der Waals surface area contributed by atoms with Gasteiger partial charge in [-0.25, -0.2) is 4.99 Å². The molecule has 0 fully saturated rings. The molecule has 0 aliphatic heterocycles. The first-order valence-electron chi connectivity index (χ1n) is 8.08. The zero-order valence-electron chi connectivity index (χ0n) is 14.9. The first-order valence-corrected chi connectivity index (χ1v) is 8.08. The normalized spacial score (nSPS) is 11.5. The maximum atomic E-state index is 5.91. The Morgan fingerprint density at radius 1 is 1.25 bits per heavy atom. The quantitative estimate of drug-likeness (QED) is 0.411. The summed E-state index contributed by atoms with van der Waals surface area (Å²) >= 11 is 0. The average molecular weight is 441 g/mol. The number of aliphatic imine (C=N–C) groups is 1. The summed E-state index contributed by atoms with van der Waals surface area (Å²) in [7, 11) is 0. The molecule has 1 heterocycles. The molecule has 0 spiro atoms. The highest BCUT2D eigenvalue weighted by molar-refractivity contribution is 14.0. The minimum absolute atomic E-state index is 0. The molecule has 5 nitrogen and oxygen atoms in total. The van der Waals surface area contributed by atoms with Crippen LogP contribution in [0.5, 0.6) is 0 Å². The number of nitrogens with zero attached hydrogens (tertiary/aromatic N) is 3. The SMILES string of the molecule is Cc1nn(Cc2ccccc2)c(C)c1CN=C(N)NCC(C)C.I. The third-order valence-electron chi connectivity index (χ3n) is 3.81. The van der Waals surface area contributed by atoms with Crippen LogP contribution in [0.25, 0.3) is 0 Å². The molecule has 3 N–H and O–H groups in total. The molecule has 0 bridgehead atoms. The van der Waals surface area contributed by atoms with Gasteiger partial charge in [0.15, 0.2) is 5.96 Å². The van der Waals surface area contributed by atoms with Crippen molar-refractivity contribution >= 4 is 29.9 Å². The van der Waals surface area contributed by atoms with Crippen molar-refractivity contribution in [3.63, 3.8) is 0 Å². The number of guanidine groups is 1. The van der Waals surface area contributed by atoms with Crippen molar-refractivity contribution < 1.29 is 0 Å². The van der Waals surface area contributed by atoms with Gasteiger partial charge in [-0.05, 0) is 25.3 Å². The highest BCUT2D eigenvalue weighted by atomic mass is 127. The van der Waals surface area contributed by atoms with E-state index in [9.17, 15) is 0 Å². The van der Waals surface area contributed by atoms with Crippen LogP contribution in [-0.4, -0.2) is 22.3 Å². The Kier molecular flexibility index (Phi) is 8.24. The van der Waals surface area contributed by atoms with Crippen molar-refractivity contribution in [3.8, 4) is 0 Å². The van der Waals surface area contributed by atoms with Crippen LogP contribution in [0.15, 0.2) is 35.3 Å². The van der Waals surface area contributed by atoms with Crippen LogP contribution in [0.2, 0.25) is 0 Å². The Balaban J connectivity index is 0.00000288. The molecule has 6 heteroatoms. The summed E-state index contributed by atoms with van der Waals surface area (Å²) in [6, 6.07) is 10.3. The van der Waals surface area contributed by atoms with E-state index in [-0.39, 0.29) is 24.0 Å². The lowest BCUT2D eigenvalue weighted by Crippen LogP contribution is -2.34. The molecule has 0 amide bonds. The van der Waals surface area contributed by atoms with E-state index in [1.165, 1.54) is 5.56 Å². The fourth-order valence-corrected chi connectivity index (χ4v) is 2.40. The van der Waals surface area contributed by atoms with E-state index >= 15 is 0 Å². The summed E-state index contributed by atoms with van der Waals surface area (Å²) in [5, 5.41) is 7.78. The third kappa shape index (κ3) is 5.81. The summed E-state index contributed by atoms with van der Waals surface area (Å²) in [6.07, 6.45) is 0. The molecule has 0 aliphatic carbocycles. The molecule has 0 saturated heterocycles. The Morgan fingerprint density at radius 3 is 2.54 bits per heavy atom. The zero-order chi connectivity index (χ0) is 16.8. The molecule has 2 rings (SSSR count). The highest BCUT2D eigenvalue weighted by Crippen LogP contribution is 2.15. The predicted molar refractivity (Wildman–Crippen MR) is 111 cm³/mol. The number of rotatable bonds is 6. The summed E-state index contributed by atoms with van der Waals surface area (Å²) in [6.45, 7) is 10.6. The van der Waals surface area contributed by atoms with Gasteiger partial charge in [-0.3, -0.25) is 4.68 Å². The number of benzene rings is 1. The number of halogens is 1. The van der Waals surface area contributed by atoms with Crippen molar-refractivity contribution in [1.82, 2.24) is 15.1 Å². The van der Waals surface area contributed by atoms with Gasteiger partial charge in [0, 0.05) is 17.8 Å². The van der Waals surface area contributed by atoms with Gasteiger partial charge in [0.1, 0.15) is 0 Å². The van der Waals surface area contributed by atoms with E-state index in [2.05, 4.69) is 48.3 Å². The molecule has 0 aliphatic rings. The molecule has 132 valence electrons. The van der Waals surface area contributed by atoms with Crippen LogP contribution < -0.4 is 11.1 Å². The summed E-state index contributed by atoms with van der Waals surface area (Å²) in [5.74, 6) is 1.04. The van der Waals surface area contributed by atoms with E-state index in [4.69, 9.17) is 5.73 Å². The van der Waals surface area contributed by atoms with Gasteiger partial charge in [0.05, 0.1) is 18.8 Å². The van der Waals surface area contributed by atoms with Crippen molar-refractivity contribution in [2.24, 2.45) is 16.6 Å². The second-order valence-corrected chi connectivity index (χ2v) is 6.27. The van der Waals surface area contributed by atoms with Crippen LogP contribution in [0, 0.1) is 19.8 Å². The predicted octanol–water partition coefficient (Wildman–Crippen LogP) is 3.23. The smallest absolute Gasteiger partial charge is 0.188 e. The lowest BCUT2D eigenvalue weighted by molar-refractivity contribution is 0.621. The van der Waals surface area contributed by atoms with Crippen molar-refractivity contribution in [3.05, 3.63) is 52.8 Å². The second-order valence-electron chi connectivity index (χ2n) is 6.27. The van der Waals surface area contributed by atoms with Gasteiger partial charge in [0.2, 0.25) is 0 Å². The molecule has 0 atom stereocenters. The van der Waals surface area contributed by atoms with Crippen LogP contribution in [0.1, 0.15) is 36.4 Å². The second kappa shape index (κ2) is 9.66. The zero-order valence-corrected chi connectivity index (χ0v) is 17.2. The Labute approximate surface area is 161 Å². The molecule has 0 radical (unpaired) electrons.